The second-order valence-electron chi connectivity index (χ2n) is 3.68. The van der Waals surface area contributed by atoms with E-state index < -0.39 is 11.9 Å². The maximum absolute atomic E-state index is 10.7. The van der Waals surface area contributed by atoms with Crippen molar-refractivity contribution >= 4 is 16.8 Å². The van der Waals surface area contributed by atoms with E-state index in [1.165, 1.54) is 0 Å². The third kappa shape index (κ3) is 2.70. The molecule has 5 nitrogen and oxygen atoms in total. The van der Waals surface area contributed by atoms with Crippen LogP contribution in [0.1, 0.15) is 0 Å². The molecule has 1 aromatic carbocycles. The van der Waals surface area contributed by atoms with Crippen LogP contribution in [0.5, 0.6) is 5.75 Å². The molecular weight excluding hydrogens is 218 g/mol. The number of primary amides is 1. The molecule has 1 aromatic heterocycles. The summed E-state index contributed by atoms with van der Waals surface area (Å²) in [5.74, 6) is -0.0147. The lowest BCUT2D eigenvalue weighted by molar-refractivity contribution is -0.119. The van der Waals surface area contributed by atoms with Crippen molar-refractivity contribution < 1.29 is 9.53 Å². The van der Waals surface area contributed by atoms with Crippen molar-refractivity contribution in [2.45, 2.75) is 6.04 Å². The van der Waals surface area contributed by atoms with Gasteiger partial charge in [-0.3, -0.25) is 9.78 Å². The van der Waals surface area contributed by atoms with Gasteiger partial charge in [-0.2, -0.15) is 0 Å². The molecule has 0 aliphatic carbocycles. The molecule has 1 amide bonds. The van der Waals surface area contributed by atoms with Crippen LogP contribution >= 0.6 is 0 Å². The van der Waals surface area contributed by atoms with E-state index in [9.17, 15) is 4.79 Å². The summed E-state index contributed by atoms with van der Waals surface area (Å²) >= 11 is 0. The number of ether oxygens (including phenoxy) is 1. The fourth-order valence-electron chi connectivity index (χ4n) is 1.40. The maximum Gasteiger partial charge on any atom is 0.237 e. The van der Waals surface area contributed by atoms with Crippen LogP contribution in [0.15, 0.2) is 36.5 Å². The summed E-state index contributed by atoms with van der Waals surface area (Å²) in [4.78, 5) is 15.0. The first-order chi connectivity index (χ1) is 8.16. The number of carbonyl (C=O) groups excluding carboxylic acids is 1. The van der Waals surface area contributed by atoms with Crippen molar-refractivity contribution in [3.63, 3.8) is 0 Å². The highest BCUT2D eigenvalue weighted by Gasteiger charge is 2.09. The van der Waals surface area contributed by atoms with Crippen molar-refractivity contribution in [2.24, 2.45) is 11.5 Å². The molecule has 0 aliphatic heterocycles. The Kier molecular flexibility index (Phi) is 3.20. The molecule has 1 atom stereocenters. The van der Waals surface area contributed by atoms with Gasteiger partial charge in [-0.05, 0) is 12.1 Å². The van der Waals surface area contributed by atoms with Crippen molar-refractivity contribution in [3.8, 4) is 5.75 Å². The van der Waals surface area contributed by atoms with Crippen molar-refractivity contribution in [1.82, 2.24) is 4.98 Å². The highest BCUT2D eigenvalue weighted by atomic mass is 16.5. The average molecular weight is 231 g/mol. The molecule has 0 radical (unpaired) electrons. The highest BCUT2D eigenvalue weighted by molar-refractivity contribution is 5.80. The van der Waals surface area contributed by atoms with E-state index in [0.717, 1.165) is 10.9 Å². The van der Waals surface area contributed by atoms with Crippen LogP contribution < -0.4 is 16.2 Å². The summed E-state index contributed by atoms with van der Waals surface area (Å²) in [5, 5.41) is 0.970. The SMILES string of the molecule is NC(=O)C(N)COc1cnc2ccccc2c1. The van der Waals surface area contributed by atoms with Gasteiger partial charge in [0.2, 0.25) is 5.91 Å². The van der Waals surface area contributed by atoms with Crippen LogP contribution in [0, 0.1) is 0 Å². The Balaban J connectivity index is 2.12. The largest absolute Gasteiger partial charge is 0.490 e. The smallest absolute Gasteiger partial charge is 0.237 e. The molecule has 0 spiro atoms. The number of fused-ring (bicyclic) bond motifs is 1. The number of para-hydroxylation sites is 1. The molecule has 5 heteroatoms. The Labute approximate surface area is 98.4 Å². The van der Waals surface area contributed by atoms with Crippen molar-refractivity contribution in [3.05, 3.63) is 36.5 Å². The lowest BCUT2D eigenvalue weighted by atomic mass is 10.2. The predicted molar refractivity (Wildman–Crippen MR) is 64.4 cm³/mol. The van der Waals surface area contributed by atoms with Gasteiger partial charge >= 0.3 is 0 Å². The van der Waals surface area contributed by atoms with Gasteiger partial charge in [-0.25, -0.2) is 0 Å². The van der Waals surface area contributed by atoms with Gasteiger partial charge in [0.25, 0.3) is 0 Å². The second-order valence-corrected chi connectivity index (χ2v) is 3.68. The van der Waals surface area contributed by atoms with Gasteiger partial charge in [0.05, 0.1) is 11.7 Å². The van der Waals surface area contributed by atoms with Gasteiger partial charge in [0.15, 0.2) is 0 Å². The van der Waals surface area contributed by atoms with Crippen LogP contribution in [-0.2, 0) is 4.79 Å². The first kappa shape index (κ1) is 11.3. The minimum absolute atomic E-state index is 0.0509. The first-order valence-corrected chi connectivity index (χ1v) is 5.19. The molecular formula is C12H13N3O2. The lowest BCUT2D eigenvalue weighted by Crippen LogP contribution is -2.41. The number of carbonyl (C=O) groups is 1. The topological polar surface area (TPSA) is 91.2 Å². The van der Waals surface area contributed by atoms with Crippen LogP contribution in [0.3, 0.4) is 0 Å². The Morgan fingerprint density at radius 1 is 1.41 bits per heavy atom. The molecule has 88 valence electrons. The number of rotatable bonds is 4. The van der Waals surface area contributed by atoms with Gasteiger partial charge in [0, 0.05) is 5.39 Å². The molecule has 0 fully saturated rings. The Bertz CT molecular complexity index is 542. The zero-order chi connectivity index (χ0) is 12.3. The number of pyridine rings is 1. The lowest BCUT2D eigenvalue weighted by Gasteiger charge is -2.10. The Morgan fingerprint density at radius 2 is 2.18 bits per heavy atom. The molecule has 4 N–H and O–H groups in total. The zero-order valence-corrected chi connectivity index (χ0v) is 9.17. The molecule has 1 heterocycles. The molecule has 1 unspecified atom stereocenters. The quantitative estimate of drug-likeness (QED) is 0.798. The molecule has 0 bridgehead atoms. The van der Waals surface area contributed by atoms with E-state index >= 15 is 0 Å². The van der Waals surface area contributed by atoms with E-state index in [0.29, 0.717) is 5.75 Å². The van der Waals surface area contributed by atoms with E-state index in [4.69, 9.17) is 16.2 Å². The fourth-order valence-corrected chi connectivity index (χ4v) is 1.40. The minimum Gasteiger partial charge on any atom is -0.490 e. The number of hydrogen-bond acceptors (Lipinski definition) is 4. The highest BCUT2D eigenvalue weighted by Crippen LogP contribution is 2.17. The van der Waals surface area contributed by atoms with E-state index in [1.807, 2.05) is 30.3 Å². The van der Waals surface area contributed by atoms with Crippen LogP contribution in [0.25, 0.3) is 10.9 Å². The molecule has 17 heavy (non-hydrogen) atoms. The molecule has 0 aliphatic rings. The number of nitrogens with two attached hydrogens (primary N) is 2. The maximum atomic E-state index is 10.7. The monoisotopic (exact) mass is 231 g/mol. The number of aromatic nitrogens is 1. The van der Waals surface area contributed by atoms with Crippen LogP contribution in [0.2, 0.25) is 0 Å². The number of nitrogens with zero attached hydrogens (tertiary/aromatic N) is 1. The van der Waals surface area contributed by atoms with Crippen molar-refractivity contribution in [1.29, 1.82) is 0 Å². The number of hydrogen-bond donors (Lipinski definition) is 2. The fraction of sp³-hybridized carbons (Fsp3) is 0.167. The molecule has 0 saturated carbocycles. The van der Waals surface area contributed by atoms with Gasteiger partial charge in [-0.1, -0.05) is 18.2 Å². The van der Waals surface area contributed by atoms with Crippen molar-refractivity contribution in [2.75, 3.05) is 6.61 Å². The molecule has 0 saturated heterocycles. The average Bonchev–Trinajstić information content (AvgIpc) is 2.35. The standard InChI is InChI=1S/C12H13N3O2/c13-10(12(14)16)7-17-9-5-8-3-1-2-4-11(8)15-6-9/h1-6,10H,7,13H2,(H2,14,16). The summed E-state index contributed by atoms with van der Waals surface area (Å²) in [6.45, 7) is 0.0509. The Hall–Kier alpha value is -2.14. The summed E-state index contributed by atoms with van der Waals surface area (Å²) in [6, 6.07) is 8.72. The molecule has 2 aromatic rings. The van der Waals surface area contributed by atoms with Gasteiger partial charge < -0.3 is 16.2 Å². The van der Waals surface area contributed by atoms with E-state index in [-0.39, 0.29) is 6.61 Å². The predicted octanol–water partition coefficient (Wildman–Crippen LogP) is 0.426. The normalized spacial score (nSPS) is 12.3. The third-order valence-electron chi connectivity index (χ3n) is 2.36. The van der Waals surface area contributed by atoms with Crippen LogP contribution in [0.4, 0.5) is 0 Å². The first-order valence-electron chi connectivity index (χ1n) is 5.19. The number of benzene rings is 1. The minimum atomic E-state index is -0.804. The van der Waals surface area contributed by atoms with E-state index in [2.05, 4.69) is 4.98 Å². The van der Waals surface area contributed by atoms with E-state index in [1.54, 1.807) is 6.20 Å². The third-order valence-corrected chi connectivity index (χ3v) is 2.36. The zero-order valence-electron chi connectivity index (χ0n) is 9.17. The second kappa shape index (κ2) is 4.80. The van der Waals surface area contributed by atoms with Gasteiger partial charge in [-0.15, -0.1) is 0 Å². The number of amides is 1. The van der Waals surface area contributed by atoms with Crippen LogP contribution in [-0.4, -0.2) is 23.5 Å². The summed E-state index contributed by atoms with van der Waals surface area (Å²) in [6.07, 6.45) is 1.59. The summed E-state index contributed by atoms with van der Waals surface area (Å²) < 4.78 is 5.35. The van der Waals surface area contributed by atoms with Gasteiger partial charge in [0.1, 0.15) is 18.4 Å². The molecule has 2 rings (SSSR count). The summed E-state index contributed by atoms with van der Waals surface area (Å²) in [7, 11) is 0. The summed E-state index contributed by atoms with van der Waals surface area (Å²) in [5.41, 5.74) is 11.4. The Morgan fingerprint density at radius 3 is 2.94 bits per heavy atom.